The lowest BCUT2D eigenvalue weighted by molar-refractivity contribution is 0.177. The number of aromatic nitrogens is 2. The van der Waals surface area contributed by atoms with Crippen molar-refractivity contribution in [2.24, 2.45) is 0 Å². The molecular formula is C72H78N4. The number of fused-ring (bicyclic) bond motifs is 20. The van der Waals surface area contributed by atoms with Crippen LogP contribution in [-0.4, -0.2) is 8.80 Å². The highest BCUT2D eigenvalue weighted by Crippen LogP contribution is 2.64. The van der Waals surface area contributed by atoms with E-state index in [9.17, 15) is 10.5 Å². The van der Waals surface area contributed by atoms with Gasteiger partial charge in [-0.2, -0.15) is 10.5 Å². The Balaban J connectivity index is 1.04. The van der Waals surface area contributed by atoms with Crippen LogP contribution in [-0.2, 0) is 32.5 Å². The van der Waals surface area contributed by atoms with Gasteiger partial charge in [-0.25, -0.2) is 0 Å². The van der Waals surface area contributed by atoms with Gasteiger partial charge in [0.25, 0.3) is 0 Å². The first-order valence-electron chi connectivity index (χ1n) is 31.6. The van der Waals surface area contributed by atoms with Gasteiger partial charge < -0.3 is 8.80 Å². The first kappa shape index (κ1) is 45.7. The molecule has 76 heavy (non-hydrogen) atoms. The maximum Gasteiger partial charge on any atom is 0.0995 e. The highest BCUT2D eigenvalue weighted by atomic mass is 14.9. The van der Waals surface area contributed by atoms with Crippen molar-refractivity contribution in [3.63, 3.8) is 0 Å². The molecule has 0 radical (unpaired) electrons. The van der Waals surface area contributed by atoms with Crippen molar-refractivity contribution in [2.75, 3.05) is 0 Å². The van der Waals surface area contributed by atoms with Gasteiger partial charge in [0.2, 0.25) is 0 Å². The normalized spacial score (nSPS) is 24.4. The molecule has 386 valence electrons. The molecule has 0 unspecified atom stereocenters. The molecule has 6 saturated carbocycles. The van der Waals surface area contributed by atoms with E-state index in [1.165, 1.54) is 304 Å². The molecule has 5 aromatic carbocycles. The van der Waals surface area contributed by atoms with E-state index in [-0.39, 0.29) is 32.5 Å². The van der Waals surface area contributed by atoms with Gasteiger partial charge in [-0.1, -0.05) is 117 Å². The van der Waals surface area contributed by atoms with Crippen molar-refractivity contribution in [3.8, 4) is 12.1 Å². The van der Waals surface area contributed by atoms with Crippen molar-refractivity contribution >= 4 is 76.2 Å². The highest BCUT2D eigenvalue weighted by Gasteiger charge is 2.52. The molecule has 8 aliphatic rings. The standard InChI is InChI=1S/C72H78N4/c1-67(19-15-16-20-67)47-37-51-49-41-56-50(42-55(49)75-57-35-45(43-73)61-63(59(57)53(39-47)65(51)75)71(27-11-5-12-28-71)33-31-69(61)23-7-3-8-24-69)52-38-48(68(2)21-17-18-22-68)40-54-60-58(76(56)66(52)54)36-46(44-74)62-64(60)72(29-13-6-14-30-72)34-32-70(62)25-9-4-10-26-70/h35-42H,3-34H2,1-2H3. The predicted octanol–water partition coefficient (Wildman–Crippen LogP) is 19.8. The van der Waals surface area contributed by atoms with Gasteiger partial charge in [0.15, 0.2) is 0 Å². The third-order valence-corrected chi connectivity index (χ3v) is 25.1. The van der Waals surface area contributed by atoms with E-state index in [0.29, 0.717) is 0 Å². The van der Waals surface area contributed by atoms with E-state index in [1.54, 1.807) is 11.1 Å². The fourth-order valence-electron chi connectivity index (χ4n) is 21.2. The average molecular weight is 999 g/mol. The van der Waals surface area contributed by atoms with E-state index in [0.717, 1.165) is 11.1 Å². The van der Waals surface area contributed by atoms with Gasteiger partial charge in [0.05, 0.1) is 56.4 Å². The van der Waals surface area contributed by atoms with E-state index >= 15 is 0 Å². The van der Waals surface area contributed by atoms with Crippen LogP contribution in [0.3, 0.4) is 0 Å². The lowest BCUT2D eigenvalue weighted by atomic mass is 9.52. The minimum atomic E-state index is 0.117. The Morgan fingerprint density at radius 2 is 0.618 bits per heavy atom. The summed E-state index contributed by atoms with van der Waals surface area (Å²) in [5, 5.41) is 34.7. The molecular weight excluding hydrogens is 921 g/mol. The Labute approximate surface area is 450 Å². The molecule has 0 saturated heterocycles. The molecule has 0 amide bonds. The van der Waals surface area contributed by atoms with Gasteiger partial charge in [-0.3, -0.25) is 0 Å². The second kappa shape index (κ2) is 15.7. The summed E-state index contributed by atoms with van der Waals surface area (Å²) in [7, 11) is 0. The molecule has 0 bridgehead atoms. The van der Waals surface area contributed by atoms with Gasteiger partial charge in [0.1, 0.15) is 0 Å². The van der Waals surface area contributed by atoms with Crippen LogP contribution in [0.1, 0.15) is 264 Å². The van der Waals surface area contributed by atoms with Crippen LogP contribution in [0.4, 0.5) is 0 Å². The third-order valence-electron chi connectivity index (χ3n) is 25.1. The maximum absolute atomic E-state index is 11.6. The molecule has 4 nitrogen and oxygen atoms in total. The topological polar surface area (TPSA) is 56.4 Å². The summed E-state index contributed by atoms with van der Waals surface area (Å²) in [5.74, 6) is 0. The van der Waals surface area contributed by atoms with E-state index in [4.69, 9.17) is 0 Å². The van der Waals surface area contributed by atoms with Crippen molar-refractivity contribution in [3.05, 3.63) is 93.0 Å². The summed E-state index contributed by atoms with van der Waals surface area (Å²) in [4.78, 5) is 0. The smallest absolute Gasteiger partial charge is 0.0995 e. The quantitative estimate of drug-likeness (QED) is 0.173. The maximum atomic E-state index is 11.6. The van der Waals surface area contributed by atoms with Crippen LogP contribution in [0.15, 0.2) is 48.5 Å². The van der Waals surface area contributed by atoms with Crippen LogP contribution in [0, 0.1) is 22.7 Å². The summed E-state index contributed by atoms with van der Waals surface area (Å²) in [6, 6.07) is 26.9. The van der Waals surface area contributed by atoms with Crippen molar-refractivity contribution in [2.45, 2.75) is 252 Å². The van der Waals surface area contributed by atoms with Gasteiger partial charge in [0, 0.05) is 43.1 Å². The number of nitriles is 2. The zero-order chi connectivity index (χ0) is 50.6. The molecule has 8 aliphatic carbocycles. The van der Waals surface area contributed by atoms with Crippen LogP contribution in [0.25, 0.3) is 76.2 Å². The fourth-order valence-corrected chi connectivity index (χ4v) is 21.2. The van der Waals surface area contributed by atoms with Crippen LogP contribution < -0.4 is 0 Å². The van der Waals surface area contributed by atoms with Crippen molar-refractivity contribution < 1.29 is 0 Å². The first-order valence-corrected chi connectivity index (χ1v) is 31.6. The minimum Gasteiger partial charge on any atom is -0.308 e. The third kappa shape index (κ3) is 5.71. The van der Waals surface area contributed by atoms with Crippen LogP contribution >= 0.6 is 0 Å². The minimum absolute atomic E-state index is 0.117. The lowest BCUT2D eigenvalue weighted by Crippen LogP contribution is -2.43. The molecule has 17 rings (SSSR count). The number of hydrogen-bond donors (Lipinski definition) is 0. The largest absolute Gasteiger partial charge is 0.308 e. The zero-order valence-electron chi connectivity index (χ0n) is 46.0. The second-order valence-corrected chi connectivity index (χ2v) is 28.7. The molecule has 6 fully saturated rings. The molecule has 9 aromatic rings. The van der Waals surface area contributed by atoms with Gasteiger partial charge in [-0.05, 0) is 217 Å². The van der Waals surface area contributed by atoms with Gasteiger partial charge in [-0.15, -0.1) is 0 Å². The summed E-state index contributed by atoms with van der Waals surface area (Å²) < 4.78 is 5.42. The van der Waals surface area contributed by atoms with Gasteiger partial charge >= 0.3 is 0 Å². The second-order valence-electron chi connectivity index (χ2n) is 28.7. The van der Waals surface area contributed by atoms with Crippen molar-refractivity contribution in [1.82, 2.24) is 8.80 Å². The van der Waals surface area contributed by atoms with Crippen LogP contribution in [0.5, 0.6) is 0 Å². The summed E-state index contributed by atoms with van der Waals surface area (Å²) in [5.41, 5.74) is 20.0. The SMILES string of the molecule is CC1(c2cc3c4cc5c(cc4n4c6cc(C#N)c7c(c6c(c2)c34)C2(CCCCC2)CCC72CCCCC2)c2cc(C3(C)CCCC3)cc3c4c6c(c(C#N)cc4n5c23)C2(CCCCC2)CCC62CCCCC2)CCCC1. The molecule has 0 N–H and O–H groups in total. The monoisotopic (exact) mass is 999 g/mol. The molecule has 0 aliphatic heterocycles. The Kier molecular flexibility index (Phi) is 9.44. The number of nitrogens with zero attached hydrogens (tertiary/aromatic N) is 4. The van der Waals surface area contributed by atoms with Crippen LogP contribution in [0.2, 0.25) is 0 Å². The number of rotatable bonds is 2. The molecule has 0 atom stereocenters. The fraction of sp³-hybridized carbons (Fsp3) is 0.556. The molecule has 4 aromatic heterocycles. The molecule has 4 heteroatoms. The average Bonchev–Trinajstić information content (AvgIpc) is 4.45. The molecule has 4 heterocycles. The first-order chi connectivity index (χ1) is 37.2. The Morgan fingerprint density at radius 3 is 0.947 bits per heavy atom. The lowest BCUT2D eigenvalue weighted by Gasteiger charge is -2.52. The number of benzene rings is 5. The molecule has 4 spiro atoms. The predicted molar refractivity (Wildman–Crippen MR) is 314 cm³/mol. The van der Waals surface area contributed by atoms with E-state index in [1.807, 2.05) is 0 Å². The number of hydrogen-bond acceptors (Lipinski definition) is 2. The highest BCUT2D eigenvalue weighted by molar-refractivity contribution is 6.30. The van der Waals surface area contributed by atoms with E-state index < -0.39 is 0 Å². The summed E-state index contributed by atoms with van der Waals surface area (Å²) in [6.07, 6.45) is 40.9. The Morgan fingerprint density at radius 1 is 0.316 bits per heavy atom. The summed E-state index contributed by atoms with van der Waals surface area (Å²) in [6.45, 7) is 5.17. The van der Waals surface area contributed by atoms with E-state index in [2.05, 4.69) is 83.3 Å². The summed E-state index contributed by atoms with van der Waals surface area (Å²) >= 11 is 0. The Hall–Kier alpha value is -5.32. The zero-order valence-corrected chi connectivity index (χ0v) is 46.0. The van der Waals surface area contributed by atoms with Crippen molar-refractivity contribution in [1.29, 1.82) is 10.5 Å². The Bertz CT molecular complexity index is 3760.